The van der Waals surface area contributed by atoms with Crippen molar-refractivity contribution in [2.75, 3.05) is 13.2 Å². The SMILES string of the molecule is CCOCC(NC1CC(C#N)(c2ccccc2)C1)C(C)C. The first-order chi connectivity index (χ1) is 10.1. The average molecular weight is 286 g/mol. The molecule has 1 atom stereocenters. The van der Waals surface area contributed by atoms with Crippen LogP contribution < -0.4 is 5.32 Å². The van der Waals surface area contributed by atoms with E-state index < -0.39 is 0 Å². The first-order valence-electron chi connectivity index (χ1n) is 7.92. The van der Waals surface area contributed by atoms with Crippen LogP contribution in [0.25, 0.3) is 0 Å². The van der Waals surface area contributed by atoms with Gasteiger partial charge in [-0.05, 0) is 31.2 Å². The molecule has 1 saturated carbocycles. The van der Waals surface area contributed by atoms with E-state index in [4.69, 9.17) is 4.74 Å². The second-order valence-electron chi connectivity index (χ2n) is 6.34. The monoisotopic (exact) mass is 286 g/mol. The summed E-state index contributed by atoms with van der Waals surface area (Å²) in [4.78, 5) is 0. The van der Waals surface area contributed by atoms with Crippen LogP contribution in [-0.4, -0.2) is 25.3 Å². The van der Waals surface area contributed by atoms with Crippen LogP contribution in [0.5, 0.6) is 0 Å². The number of ether oxygens (including phenoxy) is 1. The normalized spacial score (nSPS) is 26.1. The van der Waals surface area contributed by atoms with Gasteiger partial charge in [-0.1, -0.05) is 44.2 Å². The Morgan fingerprint density at radius 1 is 1.33 bits per heavy atom. The largest absolute Gasteiger partial charge is 0.380 e. The maximum atomic E-state index is 9.59. The van der Waals surface area contributed by atoms with Crippen molar-refractivity contribution in [1.29, 1.82) is 5.26 Å². The van der Waals surface area contributed by atoms with Crippen molar-refractivity contribution < 1.29 is 4.74 Å². The molecule has 114 valence electrons. The van der Waals surface area contributed by atoms with Crippen molar-refractivity contribution in [3.63, 3.8) is 0 Å². The minimum absolute atomic E-state index is 0.300. The molecule has 0 aromatic heterocycles. The summed E-state index contributed by atoms with van der Waals surface area (Å²) < 4.78 is 5.56. The summed E-state index contributed by atoms with van der Waals surface area (Å²) in [6.07, 6.45) is 1.78. The Morgan fingerprint density at radius 2 is 2.00 bits per heavy atom. The molecule has 0 bridgehead atoms. The van der Waals surface area contributed by atoms with E-state index in [1.54, 1.807) is 0 Å². The highest BCUT2D eigenvalue weighted by Crippen LogP contribution is 2.43. The molecule has 21 heavy (non-hydrogen) atoms. The molecule has 0 saturated heterocycles. The molecule has 0 spiro atoms. The Morgan fingerprint density at radius 3 is 2.52 bits per heavy atom. The Labute approximate surface area is 128 Å². The second-order valence-corrected chi connectivity index (χ2v) is 6.34. The fourth-order valence-electron chi connectivity index (χ4n) is 3.03. The van der Waals surface area contributed by atoms with Crippen molar-refractivity contribution in [2.24, 2.45) is 5.92 Å². The van der Waals surface area contributed by atoms with Gasteiger partial charge < -0.3 is 10.1 Å². The van der Waals surface area contributed by atoms with E-state index in [-0.39, 0.29) is 5.41 Å². The summed E-state index contributed by atoms with van der Waals surface area (Å²) in [5.41, 5.74) is 0.850. The molecule has 0 amide bonds. The Kier molecular flexibility index (Phi) is 5.39. The molecule has 1 aliphatic carbocycles. The molecule has 1 fully saturated rings. The van der Waals surface area contributed by atoms with Crippen LogP contribution in [0.15, 0.2) is 30.3 Å². The Bertz CT molecular complexity index is 472. The highest BCUT2D eigenvalue weighted by atomic mass is 16.5. The van der Waals surface area contributed by atoms with Crippen LogP contribution in [0.1, 0.15) is 39.2 Å². The number of benzene rings is 1. The van der Waals surface area contributed by atoms with Crippen LogP contribution >= 0.6 is 0 Å². The van der Waals surface area contributed by atoms with Crippen LogP contribution in [0, 0.1) is 17.2 Å². The minimum atomic E-state index is -0.300. The average Bonchev–Trinajstić information content (AvgIpc) is 2.46. The molecular formula is C18H26N2O. The topological polar surface area (TPSA) is 45.0 Å². The van der Waals surface area contributed by atoms with Crippen molar-refractivity contribution in [3.05, 3.63) is 35.9 Å². The third-order valence-corrected chi connectivity index (χ3v) is 4.49. The van der Waals surface area contributed by atoms with Gasteiger partial charge in [0.05, 0.1) is 18.1 Å². The lowest BCUT2D eigenvalue weighted by atomic mass is 9.62. The lowest BCUT2D eigenvalue weighted by Crippen LogP contribution is -2.55. The van der Waals surface area contributed by atoms with Gasteiger partial charge in [0.15, 0.2) is 0 Å². The smallest absolute Gasteiger partial charge is 0.0852 e. The highest BCUT2D eigenvalue weighted by molar-refractivity contribution is 5.36. The predicted octanol–water partition coefficient (Wildman–Crippen LogP) is 3.26. The molecule has 1 aromatic rings. The zero-order valence-electron chi connectivity index (χ0n) is 13.3. The molecule has 1 aliphatic rings. The lowest BCUT2D eigenvalue weighted by Gasteiger charge is -2.45. The van der Waals surface area contributed by atoms with Gasteiger partial charge in [-0.3, -0.25) is 0 Å². The third-order valence-electron chi connectivity index (χ3n) is 4.49. The fraction of sp³-hybridized carbons (Fsp3) is 0.611. The van der Waals surface area contributed by atoms with Gasteiger partial charge in [-0.15, -0.1) is 0 Å². The molecule has 1 aromatic carbocycles. The molecule has 1 N–H and O–H groups in total. The molecule has 0 radical (unpaired) electrons. The summed E-state index contributed by atoms with van der Waals surface area (Å²) in [5.74, 6) is 0.533. The van der Waals surface area contributed by atoms with Gasteiger partial charge in [0.2, 0.25) is 0 Å². The van der Waals surface area contributed by atoms with E-state index in [1.165, 1.54) is 0 Å². The van der Waals surface area contributed by atoms with Crippen LogP contribution in [0.2, 0.25) is 0 Å². The van der Waals surface area contributed by atoms with E-state index in [2.05, 4.69) is 37.4 Å². The van der Waals surface area contributed by atoms with Crippen LogP contribution in [0.4, 0.5) is 0 Å². The van der Waals surface area contributed by atoms with Crippen LogP contribution in [0.3, 0.4) is 0 Å². The van der Waals surface area contributed by atoms with E-state index in [1.807, 2.05) is 25.1 Å². The van der Waals surface area contributed by atoms with Crippen LogP contribution in [-0.2, 0) is 10.2 Å². The number of nitrogens with zero attached hydrogens (tertiary/aromatic N) is 1. The van der Waals surface area contributed by atoms with Crippen molar-refractivity contribution in [2.45, 2.75) is 51.1 Å². The number of hydrogen-bond donors (Lipinski definition) is 1. The van der Waals surface area contributed by atoms with E-state index in [9.17, 15) is 5.26 Å². The molecule has 2 rings (SSSR count). The maximum absolute atomic E-state index is 9.59. The summed E-state index contributed by atoms with van der Waals surface area (Å²) >= 11 is 0. The van der Waals surface area contributed by atoms with E-state index >= 15 is 0 Å². The Hall–Kier alpha value is -1.37. The van der Waals surface area contributed by atoms with Gasteiger partial charge in [0.25, 0.3) is 0 Å². The molecule has 0 aliphatic heterocycles. The lowest BCUT2D eigenvalue weighted by molar-refractivity contribution is 0.0886. The van der Waals surface area contributed by atoms with Gasteiger partial charge in [-0.25, -0.2) is 0 Å². The molecule has 0 heterocycles. The highest BCUT2D eigenvalue weighted by Gasteiger charge is 2.46. The van der Waals surface area contributed by atoms with Gasteiger partial charge in [0, 0.05) is 18.7 Å². The van der Waals surface area contributed by atoms with Crippen molar-refractivity contribution in [3.8, 4) is 6.07 Å². The van der Waals surface area contributed by atoms with E-state index in [0.717, 1.165) is 31.6 Å². The first kappa shape index (κ1) is 16.0. The van der Waals surface area contributed by atoms with Crippen molar-refractivity contribution >= 4 is 0 Å². The van der Waals surface area contributed by atoms with Crippen molar-refractivity contribution in [1.82, 2.24) is 5.32 Å². The van der Waals surface area contributed by atoms with Gasteiger partial charge >= 0.3 is 0 Å². The summed E-state index contributed by atoms with van der Waals surface area (Å²) in [6, 6.07) is 13.5. The number of nitrogens with one attached hydrogen (secondary N) is 1. The quantitative estimate of drug-likeness (QED) is 0.837. The minimum Gasteiger partial charge on any atom is -0.380 e. The molecular weight excluding hydrogens is 260 g/mol. The second kappa shape index (κ2) is 7.06. The summed E-state index contributed by atoms with van der Waals surface area (Å²) in [5, 5.41) is 13.3. The summed E-state index contributed by atoms with van der Waals surface area (Å²) in [6.45, 7) is 7.95. The predicted molar refractivity (Wildman–Crippen MR) is 85.0 cm³/mol. The Balaban J connectivity index is 1.94. The third kappa shape index (κ3) is 3.64. The first-order valence-corrected chi connectivity index (χ1v) is 7.92. The molecule has 1 unspecified atom stereocenters. The van der Waals surface area contributed by atoms with Gasteiger partial charge in [-0.2, -0.15) is 5.26 Å². The fourth-order valence-corrected chi connectivity index (χ4v) is 3.03. The zero-order valence-corrected chi connectivity index (χ0v) is 13.3. The van der Waals surface area contributed by atoms with E-state index in [0.29, 0.717) is 18.0 Å². The maximum Gasteiger partial charge on any atom is 0.0852 e. The standard InChI is InChI=1S/C18H26N2O/c1-4-21-12-17(14(2)3)20-16-10-18(11-16,13-19)15-8-6-5-7-9-15/h5-9,14,16-17,20H,4,10-12H2,1-3H3. The molecule has 3 nitrogen and oxygen atoms in total. The number of hydrogen-bond acceptors (Lipinski definition) is 3. The molecule has 3 heteroatoms. The number of nitriles is 1. The van der Waals surface area contributed by atoms with Gasteiger partial charge in [0.1, 0.15) is 0 Å². The zero-order chi connectivity index (χ0) is 15.3. The summed E-state index contributed by atoms with van der Waals surface area (Å²) in [7, 11) is 0. The number of rotatable bonds is 7.